The average Bonchev–Trinajstić information content (AvgIpc) is 2.79. The minimum absolute atomic E-state index is 0.0362. The van der Waals surface area contributed by atoms with Crippen molar-refractivity contribution < 1.29 is 14.4 Å². The number of carbonyl (C=O) groups excluding carboxylic acids is 3. The molecule has 6 nitrogen and oxygen atoms in total. The van der Waals surface area contributed by atoms with E-state index in [1.54, 1.807) is 24.3 Å². The molecule has 0 radical (unpaired) electrons. The summed E-state index contributed by atoms with van der Waals surface area (Å²) in [6.45, 7) is 4.57. The number of anilines is 1. The lowest BCUT2D eigenvalue weighted by Gasteiger charge is -2.28. The monoisotopic (exact) mass is 421 g/mol. The molecule has 31 heavy (non-hydrogen) atoms. The molecular formula is C25H31N3O3. The molecule has 0 spiro atoms. The highest BCUT2D eigenvalue weighted by Gasteiger charge is 2.24. The molecular weight excluding hydrogens is 390 g/mol. The SMILES string of the molecule is CCC1CCC(NC(=O)C(=O)Nc2ccccc2C(=O)NCc2ccc(C)cc2)CC1. The van der Waals surface area contributed by atoms with Crippen molar-refractivity contribution >= 4 is 23.4 Å². The second kappa shape index (κ2) is 10.8. The number of hydrogen-bond donors (Lipinski definition) is 3. The van der Waals surface area contributed by atoms with E-state index in [4.69, 9.17) is 0 Å². The maximum atomic E-state index is 12.7. The highest BCUT2D eigenvalue weighted by molar-refractivity contribution is 6.40. The van der Waals surface area contributed by atoms with Crippen LogP contribution in [0.3, 0.4) is 0 Å². The highest BCUT2D eigenvalue weighted by atomic mass is 16.2. The van der Waals surface area contributed by atoms with Crippen LogP contribution >= 0.6 is 0 Å². The summed E-state index contributed by atoms with van der Waals surface area (Å²) in [5, 5.41) is 8.29. The highest BCUT2D eigenvalue weighted by Crippen LogP contribution is 2.26. The van der Waals surface area contributed by atoms with Crippen LogP contribution in [-0.4, -0.2) is 23.8 Å². The van der Waals surface area contributed by atoms with Gasteiger partial charge in [-0.1, -0.05) is 55.3 Å². The third kappa shape index (κ3) is 6.41. The zero-order chi connectivity index (χ0) is 22.2. The van der Waals surface area contributed by atoms with Crippen molar-refractivity contribution in [3.8, 4) is 0 Å². The van der Waals surface area contributed by atoms with E-state index >= 15 is 0 Å². The number of benzene rings is 2. The Morgan fingerprint density at radius 1 is 0.903 bits per heavy atom. The molecule has 1 fully saturated rings. The Kier molecular flexibility index (Phi) is 7.82. The molecule has 2 aromatic rings. The van der Waals surface area contributed by atoms with Crippen LogP contribution in [0, 0.1) is 12.8 Å². The topological polar surface area (TPSA) is 87.3 Å². The number of rotatable bonds is 6. The van der Waals surface area contributed by atoms with Crippen molar-refractivity contribution in [1.82, 2.24) is 10.6 Å². The summed E-state index contributed by atoms with van der Waals surface area (Å²) in [7, 11) is 0. The van der Waals surface area contributed by atoms with Gasteiger partial charge < -0.3 is 16.0 Å². The Balaban J connectivity index is 1.56. The maximum absolute atomic E-state index is 12.7. The normalized spacial score (nSPS) is 18.1. The van der Waals surface area contributed by atoms with E-state index in [0.717, 1.165) is 43.2 Å². The summed E-state index contributed by atoms with van der Waals surface area (Å²) < 4.78 is 0. The maximum Gasteiger partial charge on any atom is 0.313 e. The Morgan fingerprint density at radius 2 is 1.58 bits per heavy atom. The van der Waals surface area contributed by atoms with Gasteiger partial charge in [-0.15, -0.1) is 0 Å². The quantitative estimate of drug-likeness (QED) is 0.617. The Hall–Kier alpha value is -3.15. The van der Waals surface area contributed by atoms with Gasteiger partial charge in [0.05, 0.1) is 11.3 Å². The summed E-state index contributed by atoms with van der Waals surface area (Å²) >= 11 is 0. The van der Waals surface area contributed by atoms with Crippen molar-refractivity contribution in [2.75, 3.05) is 5.32 Å². The number of aryl methyl sites for hydroxylation is 1. The second-order valence-corrected chi connectivity index (χ2v) is 8.27. The number of nitrogens with one attached hydrogen (secondary N) is 3. The molecule has 0 bridgehead atoms. The van der Waals surface area contributed by atoms with E-state index in [0.29, 0.717) is 23.7 Å². The molecule has 3 amide bonds. The molecule has 3 rings (SSSR count). The number of amides is 3. The summed E-state index contributed by atoms with van der Waals surface area (Å²) in [6, 6.07) is 14.6. The van der Waals surface area contributed by atoms with Crippen molar-refractivity contribution in [2.45, 2.75) is 58.5 Å². The fraction of sp³-hybridized carbons (Fsp3) is 0.400. The molecule has 0 aromatic heterocycles. The van der Waals surface area contributed by atoms with Crippen molar-refractivity contribution in [3.05, 3.63) is 65.2 Å². The van der Waals surface area contributed by atoms with Gasteiger partial charge in [-0.3, -0.25) is 14.4 Å². The van der Waals surface area contributed by atoms with E-state index in [-0.39, 0.29) is 11.9 Å². The van der Waals surface area contributed by atoms with Crippen LogP contribution in [0.5, 0.6) is 0 Å². The van der Waals surface area contributed by atoms with Crippen molar-refractivity contribution in [2.24, 2.45) is 5.92 Å². The molecule has 1 aliphatic carbocycles. The standard InChI is InChI=1S/C25H31N3O3/c1-3-18-12-14-20(15-13-18)27-24(30)25(31)28-22-7-5-4-6-21(22)23(29)26-16-19-10-8-17(2)9-11-19/h4-11,18,20H,3,12-16H2,1-2H3,(H,26,29)(H,27,30)(H,28,31). The third-order valence-electron chi connectivity index (χ3n) is 5.96. The summed E-state index contributed by atoms with van der Waals surface area (Å²) in [5.41, 5.74) is 2.77. The lowest BCUT2D eigenvalue weighted by Crippen LogP contribution is -2.43. The van der Waals surface area contributed by atoms with Crippen LogP contribution in [0.1, 0.15) is 60.5 Å². The van der Waals surface area contributed by atoms with Crippen LogP contribution in [0.15, 0.2) is 48.5 Å². The number of para-hydroxylation sites is 1. The second-order valence-electron chi connectivity index (χ2n) is 8.27. The van der Waals surface area contributed by atoms with E-state index in [2.05, 4.69) is 22.9 Å². The van der Waals surface area contributed by atoms with Crippen molar-refractivity contribution in [1.29, 1.82) is 0 Å². The predicted octanol–water partition coefficient (Wildman–Crippen LogP) is 3.95. The minimum atomic E-state index is -0.753. The van der Waals surface area contributed by atoms with E-state index < -0.39 is 11.8 Å². The summed E-state index contributed by atoms with van der Waals surface area (Å²) in [4.78, 5) is 37.5. The molecule has 1 saturated carbocycles. The molecule has 0 aliphatic heterocycles. The van der Waals surface area contributed by atoms with Gasteiger partial charge in [-0.2, -0.15) is 0 Å². The molecule has 0 heterocycles. The van der Waals surface area contributed by atoms with Gasteiger partial charge in [0, 0.05) is 12.6 Å². The van der Waals surface area contributed by atoms with Crippen LogP contribution in [0.25, 0.3) is 0 Å². The zero-order valence-electron chi connectivity index (χ0n) is 18.2. The molecule has 0 unspecified atom stereocenters. The van der Waals surface area contributed by atoms with E-state index in [1.807, 2.05) is 31.2 Å². The summed E-state index contributed by atoms with van der Waals surface area (Å²) in [6.07, 6.45) is 5.11. The first-order chi connectivity index (χ1) is 15.0. The van der Waals surface area contributed by atoms with Crippen LogP contribution in [-0.2, 0) is 16.1 Å². The fourth-order valence-corrected chi connectivity index (χ4v) is 3.92. The van der Waals surface area contributed by atoms with Crippen LogP contribution < -0.4 is 16.0 Å². The largest absolute Gasteiger partial charge is 0.348 e. The average molecular weight is 422 g/mol. The van der Waals surface area contributed by atoms with Gasteiger partial charge >= 0.3 is 11.8 Å². The predicted molar refractivity (Wildman–Crippen MR) is 122 cm³/mol. The van der Waals surface area contributed by atoms with Gasteiger partial charge in [0.25, 0.3) is 5.91 Å². The first-order valence-electron chi connectivity index (χ1n) is 11.0. The number of hydrogen-bond acceptors (Lipinski definition) is 3. The smallest absolute Gasteiger partial charge is 0.313 e. The lowest BCUT2D eigenvalue weighted by molar-refractivity contribution is -0.136. The summed E-state index contributed by atoms with van der Waals surface area (Å²) in [5.74, 6) is -1.01. The fourth-order valence-electron chi connectivity index (χ4n) is 3.92. The molecule has 2 aromatic carbocycles. The molecule has 1 aliphatic rings. The molecule has 3 N–H and O–H groups in total. The lowest BCUT2D eigenvalue weighted by atomic mass is 9.84. The van der Waals surface area contributed by atoms with Crippen molar-refractivity contribution in [3.63, 3.8) is 0 Å². The van der Waals surface area contributed by atoms with Gasteiger partial charge in [-0.05, 0) is 56.2 Å². The van der Waals surface area contributed by atoms with Gasteiger partial charge in [-0.25, -0.2) is 0 Å². The van der Waals surface area contributed by atoms with Crippen LogP contribution in [0.4, 0.5) is 5.69 Å². The van der Waals surface area contributed by atoms with Gasteiger partial charge in [0.2, 0.25) is 0 Å². The zero-order valence-corrected chi connectivity index (χ0v) is 18.2. The first-order valence-corrected chi connectivity index (χ1v) is 11.0. The van der Waals surface area contributed by atoms with E-state index in [9.17, 15) is 14.4 Å². The Morgan fingerprint density at radius 3 is 2.26 bits per heavy atom. The third-order valence-corrected chi connectivity index (χ3v) is 5.96. The van der Waals surface area contributed by atoms with Gasteiger partial charge in [0.1, 0.15) is 0 Å². The molecule has 0 saturated heterocycles. The minimum Gasteiger partial charge on any atom is -0.348 e. The Labute approximate surface area is 183 Å². The number of carbonyl (C=O) groups is 3. The Bertz CT molecular complexity index is 916. The first kappa shape index (κ1) is 22.5. The van der Waals surface area contributed by atoms with Crippen LogP contribution in [0.2, 0.25) is 0 Å². The van der Waals surface area contributed by atoms with E-state index in [1.165, 1.54) is 0 Å². The molecule has 164 valence electrons. The molecule has 6 heteroatoms. The van der Waals surface area contributed by atoms with Gasteiger partial charge in [0.15, 0.2) is 0 Å². The molecule has 0 atom stereocenters.